The van der Waals surface area contributed by atoms with Crippen LogP contribution in [0.4, 0.5) is 0 Å². The van der Waals surface area contributed by atoms with E-state index in [1.54, 1.807) is 18.3 Å². The molecule has 0 aliphatic carbocycles. The summed E-state index contributed by atoms with van der Waals surface area (Å²) in [6, 6.07) is 11.8. The highest BCUT2D eigenvalue weighted by Gasteiger charge is 2.30. The molecule has 34 heavy (non-hydrogen) atoms. The second-order valence-corrected chi connectivity index (χ2v) is 8.52. The van der Waals surface area contributed by atoms with Gasteiger partial charge < -0.3 is 26.8 Å². The Morgan fingerprint density at radius 1 is 1.15 bits per heavy atom. The molecule has 0 saturated heterocycles. The molecule has 0 radical (unpaired) electrons. The van der Waals surface area contributed by atoms with Crippen LogP contribution in [-0.4, -0.2) is 53.4 Å². The molecule has 2 amide bonds. The Labute approximate surface area is 201 Å². The minimum absolute atomic E-state index is 0.229. The number of carbonyl (C=O) groups excluding carboxylic acids is 2. The largest absolute Gasteiger partial charge is 0.392 e. The Hall–Kier alpha value is -3.49. The molecule has 6 N–H and O–H groups in total. The van der Waals surface area contributed by atoms with Crippen LogP contribution >= 0.6 is 0 Å². The fourth-order valence-electron chi connectivity index (χ4n) is 3.95. The lowest BCUT2D eigenvalue weighted by Crippen LogP contribution is -2.57. The Balaban J connectivity index is 2.25. The van der Waals surface area contributed by atoms with Crippen LogP contribution in [-0.2, 0) is 11.2 Å². The quantitative estimate of drug-likeness (QED) is 0.298. The molecule has 0 aliphatic rings. The smallest absolute Gasteiger partial charge is 0.248 e. The van der Waals surface area contributed by atoms with Crippen LogP contribution in [0.15, 0.2) is 53.7 Å². The van der Waals surface area contributed by atoms with Crippen LogP contribution in [0.2, 0.25) is 0 Å². The predicted molar refractivity (Wildman–Crippen MR) is 136 cm³/mol. The number of hydrogen-bond donors (Lipinski definition) is 4. The van der Waals surface area contributed by atoms with Gasteiger partial charge in [-0.1, -0.05) is 30.3 Å². The number of carbonyl (C=O) groups is 2. The van der Waals surface area contributed by atoms with Crippen LogP contribution in [0.25, 0.3) is 5.70 Å². The number of nitrogens with two attached hydrogens (primary N) is 2. The van der Waals surface area contributed by atoms with E-state index in [0.717, 1.165) is 22.3 Å². The molecule has 2 aromatic carbocycles. The van der Waals surface area contributed by atoms with Gasteiger partial charge in [-0.2, -0.15) is 0 Å². The number of amides is 2. The van der Waals surface area contributed by atoms with Gasteiger partial charge >= 0.3 is 0 Å². The Morgan fingerprint density at radius 2 is 1.74 bits per heavy atom. The van der Waals surface area contributed by atoms with Crippen molar-refractivity contribution in [1.82, 2.24) is 10.2 Å². The molecule has 0 bridgehead atoms. The molecule has 0 aromatic heterocycles. The van der Waals surface area contributed by atoms with Crippen molar-refractivity contribution in [2.45, 2.75) is 52.4 Å². The van der Waals surface area contributed by atoms with Gasteiger partial charge in [0.05, 0.1) is 18.3 Å². The Bertz CT molecular complexity index is 1030. The number of aliphatic hydroxyl groups is 1. The summed E-state index contributed by atoms with van der Waals surface area (Å²) in [6.07, 6.45) is 1.21. The molecule has 0 spiro atoms. The van der Waals surface area contributed by atoms with Crippen molar-refractivity contribution in [2.24, 2.45) is 16.5 Å². The minimum Gasteiger partial charge on any atom is -0.392 e. The van der Waals surface area contributed by atoms with E-state index in [4.69, 9.17) is 11.5 Å². The number of primary amides is 1. The van der Waals surface area contributed by atoms with Crippen LogP contribution in [0, 0.1) is 13.8 Å². The SMILES string of the molecule is C=N/C(=C\N[C@H](CO)N(C(=O)[C@@H](N)Cc1c(C)cc(C(N)=O)cc1C)C(C)C)c1ccccc1. The number of aliphatic hydroxyl groups excluding tert-OH is 1. The van der Waals surface area contributed by atoms with Crippen LogP contribution in [0.3, 0.4) is 0 Å². The van der Waals surface area contributed by atoms with Crippen molar-refractivity contribution in [2.75, 3.05) is 6.61 Å². The average Bonchev–Trinajstić information content (AvgIpc) is 2.80. The molecule has 2 aromatic rings. The maximum Gasteiger partial charge on any atom is 0.248 e. The van der Waals surface area contributed by atoms with Gasteiger partial charge in [0, 0.05) is 23.4 Å². The fraction of sp³-hybridized carbons (Fsp3) is 0.346. The number of benzene rings is 2. The summed E-state index contributed by atoms with van der Waals surface area (Å²) >= 11 is 0. The number of rotatable bonds is 11. The van der Waals surface area contributed by atoms with Gasteiger partial charge in [0.1, 0.15) is 6.17 Å². The van der Waals surface area contributed by atoms with Crippen molar-refractivity contribution in [3.8, 4) is 0 Å². The molecule has 0 unspecified atom stereocenters. The number of hydrogen-bond acceptors (Lipinski definition) is 6. The van der Waals surface area contributed by atoms with E-state index in [0.29, 0.717) is 11.3 Å². The van der Waals surface area contributed by atoms with Crippen molar-refractivity contribution in [3.05, 3.63) is 76.5 Å². The van der Waals surface area contributed by atoms with Crippen LogP contribution in [0.1, 0.15) is 46.5 Å². The molecule has 2 atom stereocenters. The zero-order chi connectivity index (χ0) is 25.4. The number of nitrogens with zero attached hydrogens (tertiary/aromatic N) is 2. The van der Waals surface area contributed by atoms with Crippen LogP contribution < -0.4 is 16.8 Å². The number of aryl methyl sites for hydroxylation is 2. The first-order valence-corrected chi connectivity index (χ1v) is 11.2. The zero-order valence-electron chi connectivity index (χ0n) is 20.3. The van der Waals surface area contributed by atoms with Gasteiger partial charge in [0.15, 0.2) is 0 Å². The van der Waals surface area contributed by atoms with E-state index in [1.165, 1.54) is 4.90 Å². The van der Waals surface area contributed by atoms with Crippen molar-refractivity contribution < 1.29 is 14.7 Å². The maximum absolute atomic E-state index is 13.4. The zero-order valence-corrected chi connectivity index (χ0v) is 20.3. The molecular weight excluding hydrogens is 430 g/mol. The molecule has 8 heteroatoms. The number of aliphatic imine (C=N–C) groups is 1. The van der Waals surface area contributed by atoms with Gasteiger partial charge in [0.2, 0.25) is 11.8 Å². The first kappa shape index (κ1) is 26.8. The lowest BCUT2D eigenvalue weighted by atomic mass is 9.93. The van der Waals surface area contributed by atoms with Crippen molar-refractivity contribution in [3.63, 3.8) is 0 Å². The summed E-state index contributed by atoms with van der Waals surface area (Å²) in [6.45, 7) is 10.7. The normalized spacial score (nSPS) is 13.3. The van der Waals surface area contributed by atoms with Crippen molar-refractivity contribution in [1.29, 1.82) is 0 Å². The third-order valence-corrected chi connectivity index (χ3v) is 5.69. The van der Waals surface area contributed by atoms with Gasteiger partial charge in [-0.25, -0.2) is 0 Å². The van der Waals surface area contributed by atoms with E-state index in [9.17, 15) is 14.7 Å². The Kier molecular flexibility index (Phi) is 9.53. The monoisotopic (exact) mass is 465 g/mol. The lowest BCUT2D eigenvalue weighted by Gasteiger charge is -2.36. The van der Waals surface area contributed by atoms with Crippen LogP contribution in [0.5, 0.6) is 0 Å². The van der Waals surface area contributed by atoms with Gasteiger partial charge in [-0.15, -0.1) is 0 Å². The van der Waals surface area contributed by atoms with Gasteiger partial charge in [0.25, 0.3) is 0 Å². The minimum atomic E-state index is -0.842. The summed E-state index contributed by atoms with van der Waals surface area (Å²) < 4.78 is 0. The van der Waals surface area contributed by atoms with E-state index in [1.807, 2.05) is 58.0 Å². The topological polar surface area (TPSA) is 134 Å². The molecule has 0 saturated carbocycles. The Morgan fingerprint density at radius 3 is 2.21 bits per heavy atom. The second-order valence-electron chi connectivity index (χ2n) is 8.52. The first-order valence-electron chi connectivity index (χ1n) is 11.2. The molecule has 2 rings (SSSR count). The number of nitrogens with one attached hydrogen (secondary N) is 1. The maximum atomic E-state index is 13.4. The summed E-state index contributed by atoms with van der Waals surface area (Å²) in [4.78, 5) is 30.5. The molecule has 0 heterocycles. The molecular formula is C26H35N5O3. The predicted octanol–water partition coefficient (Wildman–Crippen LogP) is 2.12. The average molecular weight is 466 g/mol. The fourth-order valence-corrected chi connectivity index (χ4v) is 3.95. The van der Waals surface area contributed by atoms with E-state index >= 15 is 0 Å². The third kappa shape index (κ3) is 6.52. The third-order valence-electron chi connectivity index (χ3n) is 5.69. The van der Waals surface area contributed by atoms with Gasteiger partial charge in [-0.3, -0.25) is 14.6 Å². The first-order chi connectivity index (χ1) is 16.1. The summed E-state index contributed by atoms with van der Waals surface area (Å²) in [5, 5.41) is 13.2. The van der Waals surface area contributed by atoms with E-state index in [-0.39, 0.29) is 25.0 Å². The highest BCUT2D eigenvalue weighted by molar-refractivity contribution is 5.93. The molecule has 8 nitrogen and oxygen atoms in total. The second kappa shape index (κ2) is 12.1. The molecule has 0 fully saturated rings. The summed E-state index contributed by atoms with van der Waals surface area (Å²) in [5.41, 5.74) is 16.2. The van der Waals surface area contributed by atoms with E-state index in [2.05, 4.69) is 17.0 Å². The van der Waals surface area contributed by atoms with E-state index < -0.39 is 18.1 Å². The highest BCUT2D eigenvalue weighted by atomic mass is 16.3. The van der Waals surface area contributed by atoms with Gasteiger partial charge in [-0.05, 0) is 69.7 Å². The highest BCUT2D eigenvalue weighted by Crippen LogP contribution is 2.20. The summed E-state index contributed by atoms with van der Waals surface area (Å²) in [7, 11) is 0. The molecule has 0 aliphatic heterocycles. The molecule has 182 valence electrons. The summed E-state index contributed by atoms with van der Waals surface area (Å²) in [5.74, 6) is -0.807. The van der Waals surface area contributed by atoms with Crippen molar-refractivity contribution >= 4 is 24.2 Å². The lowest BCUT2D eigenvalue weighted by molar-refractivity contribution is -0.138. The standard InChI is InChI=1S/C26H35N5O3/c1-16(2)31(24(15-32)30-14-23(29-5)19-9-7-6-8-10-19)26(34)22(27)13-21-17(3)11-20(25(28)33)12-18(21)4/h6-12,14,16,22,24,30,32H,5,13,15,27H2,1-4H3,(H2,28,33)/b23-14-/t22-,24-/m0/s1.